The molecule has 1 aliphatic rings. The Bertz CT molecular complexity index is 688. The van der Waals surface area contributed by atoms with Gasteiger partial charge in [-0.2, -0.15) is 0 Å². The van der Waals surface area contributed by atoms with Crippen molar-refractivity contribution in [3.8, 4) is 0 Å². The van der Waals surface area contributed by atoms with E-state index in [1.807, 2.05) is 4.90 Å². The van der Waals surface area contributed by atoms with E-state index in [4.69, 9.17) is 11.6 Å². The Kier molecular flexibility index (Phi) is 4.15. The number of thiophene rings is 1. The van der Waals surface area contributed by atoms with Crippen LogP contribution in [0.5, 0.6) is 0 Å². The molecule has 3 nitrogen and oxygen atoms in total. The summed E-state index contributed by atoms with van der Waals surface area (Å²) in [6, 6.07) is 4.81. The van der Waals surface area contributed by atoms with Gasteiger partial charge in [0.15, 0.2) is 0 Å². The van der Waals surface area contributed by atoms with Gasteiger partial charge in [-0.25, -0.2) is 4.39 Å². The smallest absolute Gasteiger partial charge is 0.265 e. The number of fused-ring (bicyclic) bond motifs is 1. The van der Waals surface area contributed by atoms with Crippen LogP contribution in [0.3, 0.4) is 0 Å². The largest absolute Gasteiger partial charge is 0.336 e. The summed E-state index contributed by atoms with van der Waals surface area (Å²) in [5, 5.41) is 0.619. The highest BCUT2D eigenvalue weighted by molar-refractivity contribution is 7.21. The van der Waals surface area contributed by atoms with Crippen LogP contribution >= 0.6 is 22.9 Å². The molecule has 6 heteroatoms. The zero-order chi connectivity index (χ0) is 15.0. The monoisotopic (exact) mass is 327 g/mol. The second-order valence-electron chi connectivity index (χ2n) is 5.46. The second kappa shape index (κ2) is 5.91. The summed E-state index contributed by atoms with van der Waals surface area (Å²) < 4.78 is 14.6. The third-order valence-corrected chi connectivity index (χ3v) is 5.56. The van der Waals surface area contributed by atoms with E-state index in [0.29, 0.717) is 10.3 Å². The maximum atomic E-state index is 13.9. The first-order chi connectivity index (χ1) is 10.1. The van der Waals surface area contributed by atoms with Crippen molar-refractivity contribution < 1.29 is 14.1 Å². The Morgan fingerprint density at radius 2 is 2.19 bits per heavy atom. The summed E-state index contributed by atoms with van der Waals surface area (Å²) in [5.74, 6) is -0.442. The van der Waals surface area contributed by atoms with Crippen molar-refractivity contribution in [1.29, 1.82) is 0 Å². The lowest BCUT2D eigenvalue weighted by molar-refractivity contribution is -0.877. The molecule has 1 amide bonds. The van der Waals surface area contributed by atoms with Gasteiger partial charge < -0.3 is 9.80 Å². The number of likely N-dealkylation sites (N-methyl/N-ethyl adjacent to an activating group) is 1. The zero-order valence-corrected chi connectivity index (χ0v) is 13.4. The van der Waals surface area contributed by atoms with Gasteiger partial charge in [0.05, 0.1) is 31.7 Å². The molecule has 0 radical (unpaired) electrons. The predicted molar refractivity (Wildman–Crippen MR) is 83.9 cm³/mol. The Morgan fingerprint density at radius 3 is 2.95 bits per heavy atom. The summed E-state index contributed by atoms with van der Waals surface area (Å²) in [6.07, 6.45) is 0.981. The summed E-state index contributed by atoms with van der Waals surface area (Å²) >= 11 is 7.54. The quantitative estimate of drug-likeness (QED) is 0.852. The predicted octanol–water partition coefficient (Wildman–Crippen LogP) is 2.05. The van der Waals surface area contributed by atoms with E-state index in [-0.39, 0.29) is 16.7 Å². The number of hydrogen-bond donors (Lipinski definition) is 1. The molecule has 1 unspecified atom stereocenters. The topological polar surface area (TPSA) is 24.8 Å². The van der Waals surface area contributed by atoms with Crippen molar-refractivity contribution in [1.82, 2.24) is 4.90 Å². The molecule has 112 valence electrons. The highest BCUT2D eigenvalue weighted by Gasteiger charge is 2.25. The minimum Gasteiger partial charge on any atom is -0.336 e. The van der Waals surface area contributed by atoms with Gasteiger partial charge in [-0.05, 0) is 12.1 Å². The molecule has 1 fully saturated rings. The van der Waals surface area contributed by atoms with Crippen LogP contribution in [0.4, 0.5) is 4.39 Å². The van der Waals surface area contributed by atoms with E-state index < -0.39 is 0 Å². The number of carbonyl (C=O) groups excluding carboxylic acids is 1. The molecule has 0 bridgehead atoms. The molecule has 0 saturated carbocycles. The van der Waals surface area contributed by atoms with Crippen LogP contribution in [0.2, 0.25) is 5.02 Å². The number of benzene rings is 1. The summed E-state index contributed by atoms with van der Waals surface area (Å²) in [6.45, 7) is 3.46. The number of halogens is 2. The lowest BCUT2D eigenvalue weighted by atomic mass is 10.2. The van der Waals surface area contributed by atoms with Crippen molar-refractivity contribution in [2.45, 2.75) is 6.42 Å². The summed E-state index contributed by atoms with van der Waals surface area (Å²) in [7, 11) is 2.13. The number of hydrogen-bond acceptors (Lipinski definition) is 2. The molecule has 1 aliphatic heterocycles. The average molecular weight is 328 g/mol. The van der Waals surface area contributed by atoms with Gasteiger partial charge in [-0.15, -0.1) is 11.3 Å². The minimum atomic E-state index is -0.368. The van der Waals surface area contributed by atoms with Gasteiger partial charge in [0, 0.05) is 23.1 Å². The van der Waals surface area contributed by atoms with E-state index in [9.17, 15) is 9.18 Å². The van der Waals surface area contributed by atoms with Gasteiger partial charge in [-0.3, -0.25) is 4.79 Å². The van der Waals surface area contributed by atoms with Crippen molar-refractivity contribution in [3.63, 3.8) is 0 Å². The van der Waals surface area contributed by atoms with Crippen molar-refractivity contribution in [3.05, 3.63) is 33.9 Å². The molecule has 2 aromatic rings. The van der Waals surface area contributed by atoms with E-state index in [1.165, 1.54) is 22.3 Å². The van der Waals surface area contributed by atoms with E-state index in [2.05, 4.69) is 7.05 Å². The summed E-state index contributed by atoms with van der Waals surface area (Å²) in [5.41, 5.74) is 0. The fraction of sp³-hybridized carbons (Fsp3) is 0.400. The number of carbonyl (C=O) groups is 1. The van der Waals surface area contributed by atoms with Crippen LogP contribution in [-0.2, 0) is 0 Å². The van der Waals surface area contributed by atoms with Crippen LogP contribution in [-0.4, -0.2) is 44.0 Å². The Balaban J connectivity index is 1.94. The van der Waals surface area contributed by atoms with E-state index in [1.54, 1.807) is 12.1 Å². The standard InChI is InChI=1S/C15H16ClFN2OS/c1-18-6-3-7-19(9-8-18)15(20)14-13(16)12-10(17)4-2-5-11(12)21-14/h2,4-5H,3,6-9H2,1H3/p+1. The number of quaternary nitrogens is 1. The first-order valence-corrected chi connectivity index (χ1v) is 8.24. The third-order valence-electron chi connectivity index (χ3n) is 3.93. The first-order valence-electron chi connectivity index (χ1n) is 7.05. The van der Waals surface area contributed by atoms with Gasteiger partial charge in [-0.1, -0.05) is 17.7 Å². The highest BCUT2D eigenvalue weighted by atomic mass is 35.5. The van der Waals surface area contributed by atoms with Crippen LogP contribution in [0, 0.1) is 5.82 Å². The fourth-order valence-corrected chi connectivity index (χ4v) is 4.21. The van der Waals surface area contributed by atoms with E-state index >= 15 is 0 Å². The van der Waals surface area contributed by atoms with Crippen LogP contribution < -0.4 is 4.90 Å². The Hall–Kier alpha value is -1.17. The molecule has 0 aliphatic carbocycles. The maximum absolute atomic E-state index is 13.9. The molecular weight excluding hydrogens is 311 g/mol. The van der Waals surface area contributed by atoms with Crippen molar-refractivity contribution in [2.75, 3.05) is 33.2 Å². The lowest BCUT2D eigenvalue weighted by Gasteiger charge is -2.18. The van der Waals surface area contributed by atoms with Crippen LogP contribution in [0.15, 0.2) is 18.2 Å². The van der Waals surface area contributed by atoms with Crippen LogP contribution in [0.1, 0.15) is 16.1 Å². The summed E-state index contributed by atoms with van der Waals surface area (Å²) in [4.78, 5) is 16.4. The van der Waals surface area contributed by atoms with Gasteiger partial charge in [0.25, 0.3) is 5.91 Å². The SMILES string of the molecule is C[NH+]1CCCN(C(=O)c2sc3cccc(F)c3c2Cl)CC1. The van der Waals surface area contributed by atoms with Crippen molar-refractivity contribution >= 4 is 38.9 Å². The molecule has 1 aromatic heterocycles. The fourth-order valence-electron chi connectivity index (χ4n) is 2.69. The minimum absolute atomic E-state index is 0.0738. The number of amides is 1. The molecule has 3 rings (SSSR count). The highest BCUT2D eigenvalue weighted by Crippen LogP contribution is 2.37. The molecule has 1 atom stereocenters. The normalized spacial score (nSPS) is 19.8. The van der Waals surface area contributed by atoms with Gasteiger partial charge >= 0.3 is 0 Å². The average Bonchev–Trinajstić information content (AvgIpc) is 2.65. The van der Waals surface area contributed by atoms with Crippen molar-refractivity contribution in [2.24, 2.45) is 0 Å². The first kappa shape index (κ1) is 14.8. The third kappa shape index (κ3) is 2.78. The maximum Gasteiger partial charge on any atom is 0.265 e. The lowest BCUT2D eigenvalue weighted by Crippen LogP contribution is -3.09. The molecule has 2 heterocycles. The number of nitrogens with zero attached hydrogens (tertiary/aromatic N) is 1. The second-order valence-corrected chi connectivity index (χ2v) is 6.89. The van der Waals surface area contributed by atoms with Crippen LogP contribution in [0.25, 0.3) is 10.1 Å². The molecule has 0 spiro atoms. The van der Waals surface area contributed by atoms with Gasteiger partial charge in [0.2, 0.25) is 0 Å². The molecule has 1 aromatic carbocycles. The Morgan fingerprint density at radius 1 is 1.38 bits per heavy atom. The molecular formula is C15H17ClFN2OS+. The molecule has 1 saturated heterocycles. The zero-order valence-electron chi connectivity index (χ0n) is 11.8. The number of nitrogens with one attached hydrogen (secondary N) is 1. The van der Waals surface area contributed by atoms with Gasteiger partial charge in [0.1, 0.15) is 10.7 Å². The molecule has 1 N–H and O–H groups in total. The molecule has 21 heavy (non-hydrogen) atoms. The number of rotatable bonds is 1. The van der Waals surface area contributed by atoms with E-state index in [0.717, 1.165) is 37.3 Å². The Labute approximate surface area is 131 Å².